The summed E-state index contributed by atoms with van der Waals surface area (Å²) in [6.07, 6.45) is 8.07. The lowest BCUT2D eigenvalue weighted by atomic mass is 9.96. The Morgan fingerprint density at radius 2 is 1.71 bits per heavy atom. The number of aliphatic imine (C=N–C) groups is 1. The number of anilines is 2. The second-order valence-electron chi connectivity index (χ2n) is 8.15. The number of piperazine rings is 1. The third-order valence-corrected chi connectivity index (χ3v) is 5.99. The fourth-order valence-electron chi connectivity index (χ4n) is 4.26. The molecule has 6 nitrogen and oxygen atoms in total. The number of hydrogen-bond acceptors (Lipinski definition) is 4. The van der Waals surface area contributed by atoms with Gasteiger partial charge in [-0.2, -0.15) is 0 Å². The molecule has 2 fully saturated rings. The van der Waals surface area contributed by atoms with E-state index in [9.17, 15) is 4.39 Å². The zero-order chi connectivity index (χ0) is 20.8. The van der Waals surface area contributed by atoms with E-state index in [0.717, 1.165) is 43.2 Å². The molecule has 0 unspecified atom stereocenters. The van der Waals surface area contributed by atoms with Gasteiger partial charge in [0.05, 0.1) is 6.54 Å². The number of nitrogens with two attached hydrogens (primary N) is 1. The second kappa shape index (κ2) is 11.5. The van der Waals surface area contributed by atoms with Crippen LogP contribution >= 0.6 is 24.0 Å². The Balaban J connectivity index is 0.00000272. The zero-order valence-electron chi connectivity index (χ0n) is 17.8. The molecular weight excluding hydrogens is 506 g/mol. The zero-order valence-corrected chi connectivity index (χ0v) is 20.2. The maximum Gasteiger partial charge on any atom is 0.189 e. The number of guanidine groups is 1. The molecule has 0 atom stereocenters. The van der Waals surface area contributed by atoms with Gasteiger partial charge in [-0.25, -0.2) is 14.4 Å². The summed E-state index contributed by atoms with van der Waals surface area (Å²) in [6, 6.07) is 11.3. The van der Waals surface area contributed by atoms with Crippen molar-refractivity contribution in [2.75, 3.05) is 36.0 Å². The summed E-state index contributed by atoms with van der Waals surface area (Å²) >= 11 is 0. The van der Waals surface area contributed by atoms with Crippen molar-refractivity contribution >= 4 is 41.4 Å². The van der Waals surface area contributed by atoms with Crippen LogP contribution in [-0.4, -0.2) is 43.2 Å². The Hall–Kier alpha value is -2.10. The van der Waals surface area contributed by atoms with Crippen molar-refractivity contribution in [2.24, 2.45) is 10.7 Å². The SMILES string of the molecule is I.NC(=NCc1ccnc(N2CCN(c3ccc(F)cc3)CC2)c1)NC1CCCCC1. The van der Waals surface area contributed by atoms with E-state index >= 15 is 0 Å². The fraction of sp³-hybridized carbons (Fsp3) is 0.478. The first kappa shape index (κ1) is 23.6. The summed E-state index contributed by atoms with van der Waals surface area (Å²) in [7, 11) is 0. The normalized spacial score (nSPS) is 17.9. The number of halogens is 2. The third-order valence-electron chi connectivity index (χ3n) is 5.99. The average molecular weight is 538 g/mol. The Morgan fingerprint density at radius 3 is 2.42 bits per heavy atom. The molecule has 1 aliphatic carbocycles. The van der Waals surface area contributed by atoms with Crippen molar-refractivity contribution in [3.8, 4) is 0 Å². The molecule has 3 N–H and O–H groups in total. The molecule has 1 saturated carbocycles. The van der Waals surface area contributed by atoms with Crippen LogP contribution in [0.5, 0.6) is 0 Å². The average Bonchev–Trinajstić information content (AvgIpc) is 2.79. The number of benzene rings is 1. The minimum Gasteiger partial charge on any atom is -0.370 e. The van der Waals surface area contributed by atoms with Gasteiger partial charge in [0.15, 0.2) is 5.96 Å². The highest BCUT2D eigenvalue weighted by Gasteiger charge is 2.19. The van der Waals surface area contributed by atoms with Crippen molar-refractivity contribution in [1.82, 2.24) is 10.3 Å². The maximum absolute atomic E-state index is 13.1. The first-order valence-corrected chi connectivity index (χ1v) is 10.9. The van der Waals surface area contributed by atoms with Crippen LogP contribution < -0.4 is 20.9 Å². The van der Waals surface area contributed by atoms with Crippen LogP contribution in [-0.2, 0) is 6.54 Å². The Kier molecular flexibility index (Phi) is 8.74. The molecule has 168 valence electrons. The molecule has 4 rings (SSSR count). The van der Waals surface area contributed by atoms with Gasteiger partial charge in [0, 0.05) is 44.1 Å². The van der Waals surface area contributed by atoms with E-state index in [-0.39, 0.29) is 29.8 Å². The monoisotopic (exact) mass is 538 g/mol. The minimum atomic E-state index is -0.198. The molecule has 1 saturated heterocycles. The molecule has 1 aromatic carbocycles. The maximum atomic E-state index is 13.1. The molecule has 0 spiro atoms. The molecular formula is C23H32FIN6. The highest BCUT2D eigenvalue weighted by molar-refractivity contribution is 14.0. The largest absolute Gasteiger partial charge is 0.370 e. The topological polar surface area (TPSA) is 69.8 Å². The van der Waals surface area contributed by atoms with Gasteiger partial charge in [0.1, 0.15) is 11.6 Å². The highest BCUT2D eigenvalue weighted by Crippen LogP contribution is 2.21. The van der Waals surface area contributed by atoms with Gasteiger partial charge in [0.2, 0.25) is 0 Å². The van der Waals surface area contributed by atoms with Crippen LogP contribution in [0, 0.1) is 5.82 Å². The van der Waals surface area contributed by atoms with Crippen LogP contribution in [0.4, 0.5) is 15.9 Å². The molecule has 1 aromatic heterocycles. The highest BCUT2D eigenvalue weighted by atomic mass is 127. The van der Waals surface area contributed by atoms with Crippen LogP contribution in [0.3, 0.4) is 0 Å². The number of rotatable bonds is 5. The standard InChI is InChI=1S/C23H31FN6.HI/c24-19-6-8-21(9-7-19)29-12-14-30(15-13-29)22-16-18(10-11-26-22)17-27-23(25)28-20-4-2-1-3-5-20;/h6-11,16,20H,1-5,12-15,17H2,(H3,25,27,28);1H. The van der Waals surface area contributed by atoms with Gasteiger partial charge in [-0.05, 0) is 54.8 Å². The molecule has 0 radical (unpaired) electrons. The van der Waals surface area contributed by atoms with Gasteiger partial charge in [-0.1, -0.05) is 19.3 Å². The van der Waals surface area contributed by atoms with E-state index in [4.69, 9.17) is 5.73 Å². The summed E-state index contributed by atoms with van der Waals surface area (Å²) in [5.41, 5.74) is 8.27. The molecule has 0 bridgehead atoms. The molecule has 2 heterocycles. The summed E-state index contributed by atoms with van der Waals surface area (Å²) in [4.78, 5) is 13.7. The first-order chi connectivity index (χ1) is 14.7. The van der Waals surface area contributed by atoms with Crippen LogP contribution in [0.15, 0.2) is 47.6 Å². The van der Waals surface area contributed by atoms with Crippen LogP contribution in [0.1, 0.15) is 37.7 Å². The lowest BCUT2D eigenvalue weighted by Gasteiger charge is -2.36. The van der Waals surface area contributed by atoms with Gasteiger partial charge in [0.25, 0.3) is 0 Å². The Bertz CT molecular complexity index is 845. The summed E-state index contributed by atoms with van der Waals surface area (Å²) < 4.78 is 13.1. The lowest BCUT2D eigenvalue weighted by Crippen LogP contribution is -2.46. The lowest BCUT2D eigenvalue weighted by molar-refractivity contribution is 0.412. The number of nitrogens with one attached hydrogen (secondary N) is 1. The van der Waals surface area contributed by atoms with E-state index in [0.29, 0.717) is 18.5 Å². The summed E-state index contributed by atoms with van der Waals surface area (Å²) in [5.74, 6) is 1.31. The van der Waals surface area contributed by atoms with Gasteiger partial charge in [-0.3, -0.25) is 0 Å². The third kappa shape index (κ3) is 6.69. The van der Waals surface area contributed by atoms with E-state index in [1.54, 1.807) is 0 Å². The predicted octanol–water partition coefficient (Wildman–Crippen LogP) is 3.90. The van der Waals surface area contributed by atoms with Gasteiger partial charge >= 0.3 is 0 Å². The molecule has 0 amide bonds. The van der Waals surface area contributed by atoms with E-state index in [1.807, 2.05) is 24.4 Å². The smallest absolute Gasteiger partial charge is 0.189 e. The van der Waals surface area contributed by atoms with Gasteiger partial charge < -0.3 is 20.9 Å². The molecule has 2 aromatic rings. The van der Waals surface area contributed by atoms with Crippen molar-refractivity contribution in [3.63, 3.8) is 0 Å². The van der Waals surface area contributed by atoms with E-state index < -0.39 is 0 Å². The Morgan fingerprint density at radius 1 is 1.03 bits per heavy atom. The fourth-order valence-corrected chi connectivity index (χ4v) is 4.26. The molecule has 31 heavy (non-hydrogen) atoms. The van der Waals surface area contributed by atoms with Crippen LogP contribution in [0.25, 0.3) is 0 Å². The second-order valence-corrected chi connectivity index (χ2v) is 8.15. The summed E-state index contributed by atoms with van der Waals surface area (Å²) in [5, 5.41) is 3.36. The predicted molar refractivity (Wildman–Crippen MR) is 136 cm³/mol. The molecule has 1 aliphatic heterocycles. The quantitative estimate of drug-likeness (QED) is 0.344. The number of nitrogens with zero attached hydrogens (tertiary/aromatic N) is 4. The van der Waals surface area contributed by atoms with Crippen molar-refractivity contribution in [1.29, 1.82) is 0 Å². The minimum absolute atomic E-state index is 0. The van der Waals surface area contributed by atoms with Gasteiger partial charge in [-0.15, -0.1) is 24.0 Å². The van der Waals surface area contributed by atoms with Crippen molar-refractivity contribution in [3.05, 3.63) is 54.0 Å². The summed E-state index contributed by atoms with van der Waals surface area (Å²) in [6.45, 7) is 4.07. The van der Waals surface area contributed by atoms with E-state index in [1.165, 1.54) is 44.2 Å². The van der Waals surface area contributed by atoms with Crippen LogP contribution in [0.2, 0.25) is 0 Å². The number of aromatic nitrogens is 1. The first-order valence-electron chi connectivity index (χ1n) is 10.9. The van der Waals surface area contributed by atoms with Crippen molar-refractivity contribution < 1.29 is 4.39 Å². The van der Waals surface area contributed by atoms with E-state index in [2.05, 4.69) is 31.2 Å². The number of pyridine rings is 1. The number of hydrogen-bond donors (Lipinski definition) is 2. The molecule has 8 heteroatoms. The van der Waals surface area contributed by atoms with Crippen molar-refractivity contribution in [2.45, 2.75) is 44.7 Å². The molecule has 2 aliphatic rings. The Labute approximate surface area is 201 Å².